The lowest BCUT2D eigenvalue weighted by atomic mass is 9.91. The molecule has 0 bridgehead atoms. The highest BCUT2D eigenvalue weighted by Gasteiger charge is 2.30. The molecule has 1 atom stereocenters. The second-order valence-corrected chi connectivity index (χ2v) is 6.16. The lowest BCUT2D eigenvalue weighted by Crippen LogP contribution is -2.87. The van der Waals surface area contributed by atoms with Crippen LogP contribution in [0, 0.1) is 6.92 Å². The predicted octanol–water partition coefficient (Wildman–Crippen LogP) is 2.29. The van der Waals surface area contributed by atoms with E-state index in [1.165, 1.54) is 11.1 Å². The van der Waals surface area contributed by atoms with Crippen LogP contribution in [0.25, 0.3) is 0 Å². The van der Waals surface area contributed by atoms with Crippen molar-refractivity contribution in [3.63, 3.8) is 0 Å². The molecule has 1 aromatic heterocycles. The summed E-state index contributed by atoms with van der Waals surface area (Å²) in [5.74, 6) is 2.74. The van der Waals surface area contributed by atoms with E-state index in [2.05, 4.69) is 36.3 Å². The number of rotatable bonds is 6. The van der Waals surface area contributed by atoms with Gasteiger partial charge in [-0.2, -0.15) is 0 Å². The van der Waals surface area contributed by atoms with Gasteiger partial charge >= 0.3 is 0 Å². The number of hydrogen-bond acceptors (Lipinski definition) is 3. The Balaban J connectivity index is 2.05. The van der Waals surface area contributed by atoms with Crippen LogP contribution in [0.3, 0.4) is 0 Å². The van der Waals surface area contributed by atoms with E-state index < -0.39 is 0 Å². The van der Waals surface area contributed by atoms with Gasteiger partial charge in [0.1, 0.15) is 11.5 Å². The van der Waals surface area contributed by atoms with Gasteiger partial charge in [0.25, 0.3) is 0 Å². The number of nitrogens with zero attached hydrogens (tertiary/aromatic N) is 1. The van der Waals surface area contributed by atoms with Crippen LogP contribution in [0.5, 0.6) is 11.5 Å². The van der Waals surface area contributed by atoms with Gasteiger partial charge in [0.05, 0.1) is 19.8 Å². The molecule has 1 aliphatic rings. The Hall–Kier alpha value is -2.01. The van der Waals surface area contributed by atoms with E-state index in [1.807, 2.05) is 13.8 Å². The number of benzene rings is 1. The van der Waals surface area contributed by atoms with Gasteiger partial charge in [-0.25, -0.2) is 4.98 Å². The number of quaternary nitrogens is 1. The first-order valence-corrected chi connectivity index (χ1v) is 8.98. The number of aryl methyl sites for hydroxylation is 2. The lowest BCUT2D eigenvalue weighted by molar-refractivity contribution is -0.690. The van der Waals surface area contributed by atoms with Crippen molar-refractivity contribution in [3.05, 3.63) is 40.5 Å². The van der Waals surface area contributed by atoms with Crippen molar-refractivity contribution in [2.75, 3.05) is 19.8 Å². The van der Waals surface area contributed by atoms with E-state index in [4.69, 9.17) is 14.5 Å². The molecule has 0 aliphatic carbocycles. The highest BCUT2D eigenvalue weighted by Crippen LogP contribution is 2.36. The van der Waals surface area contributed by atoms with Crippen molar-refractivity contribution in [3.8, 4) is 11.5 Å². The maximum atomic E-state index is 5.83. The van der Waals surface area contributed by atoms with Crippen molar-refractivity contribution >= 4 is 0 Å². The summed E-state index contributed by atoms with van der Waals surface area (Å²) >= 11 is 0. The van der Waals surface area contributed by atoms with Gasteiger partial charge in [-0.05, 0) is 38.5 Å². The summed E-state index contributed by atoms with van der Waals surface area (Å²) in [5, 5.41) is 2.38. The molecular formula is C19H28N3O2+. The zero-order valence-corrected chi connectivity index (χ0v) is 15.1. The van der Waals surface area contributed by atoms with Crippen LogP contribution in [0.15, 0.2) is 12.1 Å². The number of ether oxygens (including phenoxy) is 2. The van der Waals surface area contributed by atoms with Crippen molar-refractivity contribution in [1.29, 1.82) is 0 Å². The molecule has 3 N–H and O–H groups in total. The predicted molar refractivity (Wildman–Crippen MR) is 93.8 cm³/mol. The number of nitrogens with one attached hydrogen (secondary N) is 1. The Kier molecular flexibility index (Phi) is 5.09. The topological polar surface area (TPSA) is 63.8 Å². The van der Waals surface area contributed by atoms with Crippen LogP contribution < -0.4 is 14.8 Å². The molecule has 0 fully saturated rings. The fourth-order valence-corrected chi connectivity index (χ4v) is 3.46. The van der Waals surface area contributed by atoms with Gasteiger partial charge in [-0.1, -0.05) is 6.92 Å². The Morgan fingerprint density at radius 3 is 2.50 bits per heavy atom. The molecule has 1 unspecified atom stereocenters. The van der Waals surface area contributed by atoms with E-state index in [1.54, 1.807) is 0 Å². The number of fused-ring (bicyclic) bond motifs is 1. The summed E-state index contributed by atoms with van der Waals surface area (Å²) in [4.78, 5) is 8.23. The molecule has 0 saturated carbocycles. The number of H-pyrrole nitrogens is 1. The molecule has 130 valence electrons. The molecule has 0 amide bonds. The lowest BCUT2D eigenvalue weighted by Gasteiger charge is -2.25. The molecule has 0 radical (unpaired) electrons. The molecule has 5 nitrogen and oxygen atoms in total. The standard InChI is InChI=1S/C19H27N3O2/c1-5-17-21-12(4)18(22-17)19-14-11-16(24-7-3)15(23-6-2)10-13(14)8-9-20-19/h10-11,19-20H,5-9H2,1-4H3,(H,21,22)/p+1. The summed E-state index contributed by atoms with van der Waals surface area (Å²) in [7, 11) is 0. The monoisotopic (exact) mass is 330 g/mol. The minimum atomic E-state index is 0.222. The molecule has 2 heterocycles. The quantitative estimate of drug-likeness (QED) is 0.854. The second kappa shape index (κ2) is 7.26. The van der Waals surface area contributed by atoms with Crippen molar-refractivity contribution in [1.82, 2.24) is 9.97 Å². The van der Waals surface area contributed by atoms with E-state index in [0.29, 0.717) is 13.2 Å². The number of aromatic nitrogens is 2. The Morgan fingerprint density at radius 1 is 1.17 bits per heavy atom. The Labute approximate surface area is 143 Å². The van der Waals surface area contributed by atoms with Crippen LogP contribution >= 0.6 is 0 Å². The molecule has 0 spiro atoms. The van der Waals surface area contributed by atoms with Crippen molar-refractivity contribution < 1.29 is 14.8 Å². The molecule has 2 aromatic rings. The second-order valence-electron chi connectivity index (χ2n) is 6.16. The van der Waals surface area contributed by atoms with Gasteiger partial charge in [0.2, 0.25) is 0 Å². The van der Waals surface area contributed by atoms with E-state index in [0.717, 1.165) is 48.1 Å². The maximum absolute atomic E-state index is 5.83. The third-order valence-electron chi connectivity index (χ3n) is 4.56. The molecule has 5 heteroatoms. The molecular weight excluding hydrogens is 302 g/mol. The Morgan fingerprint density at radius 2 is 1.88 bits per heavy atom. The molecule has 3 rings (SSSR count). The van der Waals surface area contributed by atoms with Crippen LogP contribution in [-0.4, -0.2) is 29.7 Å². The average Bonchev–Trinajstić information content (AvgIpc) is 2.96. The smallest absolute Gasteiger partial charge is 0.161 e. The van der Waals surface area contributed by atoms with Crippen molar-refractivity contribution in [2.45, 2.75) is 46.6 Å². The number of nitrogens with two attached hydrogens (primary N) is 1. The molecule has 1 aromatic carbocycles. The number of aromatic amines is 1. The average molecular weight is 330 g/mol. The SMILES string of the molecule is CCOc1cc2c(cc1OCC)C(c1nc(CC)[nH]c1C)[NH2+]CC2. The van der Waals surface area contributed by atoms with Gasteiger partial charge in [0, 0.05) is 24.1 Å². The van der Waals surface area contributed by atoms with Crippen LogP contribution in [-0.2, 0) is 12.8 Å². The highest BCUT2D eigenvalue weighted by atomic mass is 16.5. The van der Waals surface area contributed by atoms with Crippen LogP contribution in [0.2, 0.25) is 0 Å². The van der Waals surface area contributed by atoms with Gasteiger partial charge in [0.15, 0.2) is 17.5 Å². The number of hydrogen-bond donors (Lipinski definition) is 2. The normalized spacial score (nSPS) is 16.8. The first kappa shape index (κ1) is 16.8. The third kappa shape index (κ3) is 3.13. The molecule has 24 heavy (non-hydrogen) atoms. The van der Waals surface area contributed by atoms with Crippen LogP contribution in [0.1, 0.15) is 55.2 Å². The van der Waals surface area contributed by atoms with Gasteiger partial charge < -0.3 is 19.8 Å². The molecule has 0 saturated heterocycles. The summed E-state index contributed by atoms with van der Waals surface area (Å²) in [5.41, 5.74) is 4.94. The summed E-state index contributed by atoms with van der Waals surface area (Å²) < 4.78 is 11.6. The largest absolute Gasteiger partial charge is 0.490 e. The minimum Gasteiger partial charge on any atom is -0.490 e. The fraction of sp³-hybridized carbons (Fsp3) is 0.526. The summed E-state index contributed by atoms with van der Waals surface area (Å²) in [6.07, 6.45) is 1.97. The molecule has 1 aliphatic heterocycles. The number of imidazole rings is 1. The first-order valence-electron chi connectivity index (χ1n) is 8.98. The third-order valence-corrected chi connectivity index (χ3v) is 4.56. The van der Waals surface area contributed by atoms with E-state index in [-0.39, 0.29) is 6.04 Å². The van der Waals surface area contributed by atoms with E-state index >= 15 is 0 Å². The highest BCUT2D eigenvalue weighted by molar-refractivity contribution is 5.50. The van der Waals surface area contributed by atoms with Crippen LogP contribution in [0.4, 0.5) is 0 Å². The zero-order valence-electron chi connectivity index (χ0n) is 15.1. The first-order chi connectivity index (χ1) is 11.7. The minimum absolute atomic E-state index is 0.222. The zero-order chi connectivity index (χ0) is 17.1. The summed E-state index contributed by atoms with van der Waals surface area (Å²) in [6.45, 7) is 10.6. The van der Waals surface area contributed by atoms with Gasteiger partial charge in [-0.15, -0.1) is 0 Å². The maximum Gasteiger partial charge on any atom is 0.161 e. The Bertz CT molecular complexity index is 709. The van der Waals surface area contributed by atoms with E-state index in [9.17, 15) is 0 Å². The van der Waals surface area contributed by atoms with Crippen molar-refractivity contribution in [2.24, 2.45) is 0 Å². The van der Waals surface area contributed by atoms with Gasteiger partial charge in [-0.3, -0.25) is 0 Å². The fourth-order valence-electron chi connectivity index (χ4n) is 3.46. The summed E-state index contributed by atoms with van der Waals surface area (Å²) in [6, 6.07) is 4.54.